The van der Waals surface area contributed by atoms with Gasteiger partial charge in [0.2, 0.25) is 0 Å². The van der Waals surface area contributed by atoms with Gasteiger partial charge in [-0.25, -0.2) is 5.43 Å². The molecule has 1 heterocycles. The third-order valence-corrected chi connectivity index (χ3v) is 3.30. The number of nitrogens with one attached hydrogen (secondary N) is 1. The summed E-state index contributed by atoms with van der Waals surface area (Å²) in [4.78, 5) is 35.2. The molecule has 0 radical (unpaired) electrons. The number of carbonyl (C=O) groups excluding carboxylic acids is 2. The van der Waals surface area contributed by atoms with Crippen LogP contribution >= 0.6 is 0 Å². The molecule has 0 saturated heterocycles. The maximum absolute atomic E-state index is 12.2. The predicted octanol–water partition coefficient (Wildman–Crippen LogP) is 2.12. The molecular formula is C18H19N3O4. The average molecular weight is 341 g/mol. The SMILES string of the molecule is CC(=O)Oc1ccc(/C=N\NC(=O)c2cccn(C(C)C)c2=O)cc1. The molecule has 130 valence electrons. The third-order valence-electron chi connectivity index (χ3n) is 3.30. The molecule has 25 heavy (non-hydrogen) atoms. The molecule has 0 fully saturated rings. The van der Waals surface area contributed by atoms with Crippen molar-refractivity contribution >= 4 is 18.1 Å². The van der Waals surface area contributed by atoms with Gasteiger partial charge in [-0.1, -0.05) is 0 Å². The van der Waals surface area contributed by atoms with Crippen molar-refractivity contribution in [3.8, 4) is 5.75 Å². The molecule has 1 amide bonds. The maximum Gasteiger partial charge on any atom is 0.308 e. The molecule has 7 heteroatoms. The van der Waals surface area contributed by atoms with E-state index in [4.69, 9.17) is 4.74 Å². The van der Waals surface area contributed by atoms with Crippen molar-refractivity contribution in [3.63, 3.8) is 0 Å². The number of nitrogens with zero attached hydrogens (tertiary/aromatic N) is 2. The first kappa shape index (κ1) is 18.1. The van der Waals surface area contributed by atoms with Gasteiger partial charge in [0.25, 0.3) is 11.5 Å². The van der Waals surface area contributed by atoms with Crippen LogP contribution in [0.25, 0.3) is 0 Å². The number of amides is 1. The van der Waals surface area contributed by atoms with Gasteiger partial charge in [0.1, 0.15) is 11.3 Å². The molecule has 0 aliphatic rings. The van der Waals surface area contributed by atoms with E-state index in [9.17, 15) is 14.4 Å². The van der Waals surface area contributed by atoms with E-state index in [1.54, 1.807) is 36.5 Å². The van der Waals surface area contributed by atoms with Gasteiger partial charge in [0, 0.05) is 19.2 Å². The second-order valence-electron chi connectivity index (χ2n) is 5.59. The summed E-state index contributed by atoms with van der Waals surface area (Å²) in [6.07, 6.45) is 3.07. The van der Waals surface area contributed by atoms with Crippen LogP contribution in [0.15, 0.2) is 52.5 Å². The Labute approximate surface area is 144 Å². The quantitative estimate of drug-likeness (QED) is 0.390. The Kier molecular flexibility index (Phi) is 5.84. The minimum absolute atomic E-state index is 0.0264. The number of esters is 1. The summed E-state index contributed by atoms with van der Waals surface area (Å²) < 4.78 is 6.40. The van der Waals surface area contributed by atoms with Crippen molar-refractivity contribution < 1.29 is 14.3 Å². The van der Waals surface area contributed by atoms with E-state index in [-0.39, 0.29) is 17.2 Å². The third kappa shape index (κ3) is 4.87. The van der Waals surface area contributed by atoms with E-state index in [0.717, 1.165) is 0 Å². The molecule has 0 spiro atoms. The number of hydrogen-bond donors (Lipinski definition) is 1. The number of hydrazone groups is 1. The number of ether oxygens (including phenoxy) is 1. The molecular weight excluding hydrogens is 322 g/mol. The summed E-state index contributed by atoms with van der Waals surface area (Å²) in [5.41, 5.74) is 2.69. The van der Waals surface area contributed by atoms with Gasteiger partial charge in [-0.05, 0) is 55.8 Å². The van der Waals surface area contributed by atoms with E-state index in [0.29, 0.717) is 11.3 Å². The zero-order valence-corrected chi connectivity index (χ0v) is 14.2. The van der Waals surface area contributed by atoms with Gasteiger partial charge in [-0.2, -0.15) is 5.10 Å². The van der Waals surface area contributed by atoms with Gasteiger partial charge in [0.15, 0.2) is 0 Å². The highest BCUT2D eigenvalue weighted by molar-refractivity contribution is 5.94. The molecule has 2 aromatic rings. The van der Waals surface area contributed by atoms with Crippen molar-refractivity contribution in [2.45, 2.75) is 26.8 Å². The van der Waals surface area contributed by atoms with Gasteiger partial charge in [-0.3, -0.25) is 14.4 Å². The molecule has 7 nitrogen and oxygen atoms in total. The lowest BCUT2D eigenvalue weighted by molar-refractivity contribution is -0.131. The zero-order chi connectivity index (χ0) is 18.4. The lowest BCUT2D eigenvalue weighted by atomic mass is 10.2. The lowest BCUT2D eigenvalue weighted by Gasteiger charge is -2.10. The van der Waals surface area contributed by atoms with E-state index in [1.807, 2.05) is 13.8 Å². The van der Waals surface area contributed by atoms with E-state index >= 15 is 0 Å². The molecule has 0 aliphatic carbocycles. The fourth-order valence-corrected chi connectivity index (χ4v) is 2.10. The molecule has 2 rings (SSSR count). The predicted molar refractivity (Wildman–Crippen MR) is 93.9 cm³/mol. The van der Waals surface area contributed by atoms with E-state index in [1.165, 1.54) is 23.8 Å². The first-order valence-electron chi connectivity index (χ1n) is 7.71. The number of carbonyl (C=O) groups is 2. The Morgan fingerprint density at radius 1 is 1.20 bits per heavy atom. The van der Waals surface area contributed by atoms with Crippen molar-refractivity contribution in [1.29, 1.82) is 0 Å². The number of hydrogen-bond acceptors (Lipinski definition) is 5. The van der Waals surface area contributed by atoms with Crippen LogP contribution in [0.1, 0.15) is 42.7 Å². The first-order chi connectivity index (χ1) is 11.9. The van der Waals surface area contributed by atoms with E-state index in [2.05, 4.69) is 10.5 Å². The van der Waals surface area contributed by atoms with Crippen LogP contribution < -0.4 is 15.7 Å². The monoisotopic (exact) mass is 341 g/mol. The average Bonchev–Trinajstić information content (AvgIpc) is 2.55. The smallest absolute Gasteiger partial charge is 0.308 e. The van der Waals surface area contributed by atoms with Crippen LogP contribution in [0, 0.1) is 0 Å². The maximum atomic E-state index is 12.2. The van der Waals surface area contributed by atoms with Crippen LogP contribution in [0.2, 0.25) is 0 Å². The molecule has 1 N–H and O–H groups in total. The Morgan fingerprint density at radius 2 is 1.88 bits per heavy atom. The molecule has 1 aromatic heterocycles. The molecule has 0 aliphatic heterocycles. The highest BCUT2D eigenvalue weighted by atomic mass is 16.5. The fraction of sp³-hybridized carbons (Fsp3) is 0.222. The number of aromatic nitrogens is 1. The summed E-state index contributed by atoms with van der Waals surface area (Å²) in [5.74, 6) is -0.552. The molecule has 0 saturated carbocycles. The van der Waals surface area contributed by atoms with E-state index < -0.39 is 11.9 Å². The van der Waals surface area contributed by atoms with Gasteiger partial charge >= 0.3 is 5.97 Å². The minimum atomic E-state index is -0.576. The van der Waals surface area contributed by atoms with Crippen molar-refractivity contribution in [1.82, 2.24) is 9.99 Å². The van der Waals surface area contributed by atoms with Gasteiger partial charge in [-0.15, -0.1) is 0 Å². The van der Waals surface area contributed by atoms with Gasteiger partial charge < -0.3 is 9.30 Å². The normalized spacial score (nSPS) is 10.9. The lowest BCUT2D eigenvalue weighted by Crippen LogP contribution is -2.31. The Hall–Kier alpha value is -3.22. The van der Waals surface area contributed by atoms with Crippen LogP contribution in [-0.4, -0.2) is 22.7 Å². The second kappa shape index (κ2) is 8.05. The highest BCUT2D eigenvalue weighted by Crippen LogP contribution is 2.11. The van der Waals surface area contributed by atoms with Crippen molar-refractivity contribution in [3.05, 3.63) is 64.1 Å². The first-order valence-corrected chi connectivity index (χ1v) is 7.71. The fourth-order valence-electron chi connectivity index (χ4n) is 2.10. The highest BCUT2D eigenvalue weighted by Gasteiger charge is 2.12. The Morgan fingerprint density at radius 3 is 2.48 bits per heavy atom. The second-order valence-corrected chi connectivity index (χ2v) is 5.59. The Bertz CT molecular complexity index is 851. The summed E-state index contributed by atoms with van der Waals surface area (Å²) >= 11 is 0. The van der Waals surface area contributed by atoms with Crippen LogP contribution in [-0.2, 0) is 4.79 Å². The molecule has 0 unspecified atom stereocenters. The number of rotatable bonds is 5. The van der Waals surface area contributed by atoms with Crippen molar-refractivity contribution in [2.24, 2.45) is 5.10 Å². The number of pyridine rings is 1. The van der Waals surface area contributed by atoms with Crippen LogP contribution in [0.3, 0.4) is 0 Å². The van der Waals surface area contributed by atoms with Crippen LogP contribution in [0.4, 0.5) is 0 Å². The summed E-state index contributed by atoms with van der Waals surface area (Å²) in [5, 5.41) is 3.84. The number of benzene rings is 1. The standard InChI is InChI=1S/C18H19N3O4/c1-12(2)21-10-4-5-16(18(21)24)17(23)20-19-11-14-6-8-15(9-7-14)25-13(3)22/h4-12H,1-3H3,(H,20,23)/b19-11-. The van der Waals surface area contributed by atoms with Gasteiger partial charge in [0.05, 0.1) is 6.21 Å². The summed E-state index contributed by atoms with van der Waals surface area (Å²) in [6, 6.07) is 9.66. The topological polar surface area (TPSA) is 89.8 Å². The minimum Gasteiger partial charge on any atom is -0.427 e. The molecule has 1 aromatic carbocycles. The largest absolute Gasteiger partial charge is 0.427 e. The van der Waals surface area contributed by atoms with Crippen LogP contribution in [0.5, 0.6) is 5.75 Å². The molecule has 0 atom stereocenters. The van der Waals surface area contributed by atoms with Crippen molar-refractivity contribution in [2.75, 3.05) is 0 Å². The summed E-state index contributed by atoms with van der Waals surface area (Å²) in [6.45, 7) is 5.04. The zero-order valence-electron chi connectivity index (χ0n) is 14.2. The Balaban J connectivity index is 2.05. The summed E-state index contributed by atoms with van der Waals surface area (Å²) in [7, 11) is 0. The molecule has 0 bridgehead atoms.